The van der Waals surface area contributed by atoms with Crippen LogP contribution in [0.1, 0.15) is 30.0 Å². The minimum atomic E-state index is -1.66. The van der Waals surface area contributed by atoms with Gasteiger partial charge in [-0.3, -0.25) is 9.59 Å². The van der Waals surface area contributed by atoms with E-state index < -0.39 is 35.6 Å². The number of nitrogens with one attached hydrogen (secondary N) is 3. The van der Waals surface area contributed by atoms with Crippen LogP contribution in [0, 0.1) is 17.5 Å². The fourth-order valence-electron chi connectivity index (χ4n) is 3.70. The van der Waals surface area contributed by atoms with Crippen LogP contribution in [0.15, 0.2) is 36.4 Å². The van der Waals surface area contributed by atoms with Gasteiger partial charge in [-0.15, -0.1) is 0 Å². The molecule has 2 atom stereocenters. The third-order valence-corrected chi connectivity index (χ3v) is 5.16. The first-order valence-corrected chi connectivity index (χ1v) is 9.47. The Bertz CT molecular complexity index is 920. The van der Waals surface area contributed by atoms with Crippen molar-refractivity contribution in [2.45, 2.75) is 25.3 Å². The Morgan fingerprint density at radius 1 is 1.07 bits per heavy atom. The van der Waals surface area contributed by atoms with Crippen LogP contribution in [0.5, 0.6) is 0 Å². The van der Waals surface area contributed by atoms with Crippen LogP contribution in [0.2, 0.25) is 0 Å². The van der Waals surface area contributed by atoms with Crippen LogP contribution in [0.4, 0.5) is 18.9 Å². The average molecular weight is 406 g/mol. The number of fused-ring (bicyclic) bond motifs is 1. The van der Waals surface area contributed by atoms with E-state index >= 15 is 0 Å². The maximum atomic E-state index is 13.6. The van der Waals surface area contributed by atoms with Crippen LogP contribution < -0.4 is 15.5 Å². The molecule has 2 aromatic carbocycles. The molecule has 1 aliphatic carbocycles. The largest absolute Gasteiger partial charge is 0.342 e. The molecule has 29 heavy (non-hydrogen) atoms. The summed E-state index contributed by atoms with van der Waals surface area (Å²) in [5.74, 6) is -5.55. The Labute approximate surface area is 166 Å². The minimum Gasteiger partial charge on any atom is -0.342 e. The third kappa shape index (κ3) is 4.95. The van der Waals surface area contributed by atoms with Gasteiger partial charge in [0.15, 0.2) is 24.0 Å². The summed E-state index contributed by atoms with van der Waals surface area (Å²) < 4.78 is 39.7. The third-order valence-electron chi connectivity index (χ3n) is 5.16. The second kappa shape index (κ2) is 9.09. The lowest BCUT2D eigenvalue weighted by Gasteiger charge is -2.30. The molecule has 2 aromatic rings. The Morgan fingerprint density at radius 3 is 2.62 bits per heavy atom. The zero-order valence-corrected chi connectivity index (χ0v) is 16.0. The lowest BCUT2D eigenvalue weighted by molar-refractivity contribution is -0.905. The lowest BCUT2D eigenvalue weighted by atomic mass is 9.87. The van der Waals surface area contributed by atoms with Gasteiger partial charge in [0, 0.05) is 12.0 Å². The summed E-state index contributed by atoms with van der Waals surface area (Å²) in [6.45, 7) is -0.225. The maximum absolute atomic E-state index is 13.6. The highest BCUT2D eigenvalue weighted by molar-refractivity contribution is 5.94. The van der Waals surface area contributed by atoms with Gasteiger partial charge in [-0.2, -0.15) is 0 Å². The normalized spacial score (nSPS) is 16.6. The highest BCUT2D eigenvalue weighted by Gasteiger charge is 2.28. The number of likely N-dealkylation sites (N-methyl/N-ethyl adjacent to an activating group) is 1. The first-order chi connectivity index (χ1) is 13.9. The molecule has 0 aromatic heterocycles. The summed E-state index contributed by atoms with van der Waals surface area (Å²) in [6.07, 6.45) is 3.07. The molecule has 8 heteroatoms. The first-order valence-electron chi connectivity index (χ1n) is 9.47. The van der Waals surface area contributed by atoms with Crippen LogP contribution in [0.25, 0.3) is 0 Å². The molecule has 0 fully saturated rings. The molecule has 3 rings (SSSR count). The smallest absolute Gasteiger partial charge is 0.275 e. The van der Waals surface area contributed by atoms with E-state index in [0.717, 1.165) is 30.2 Å². The molecule has 0 radical (unpaired) electrons. The second-order valence-electron chi connectivity index (χ2n) is 7.21. The Kier molecular flexibility index (Phi) is 6.53. The van der Waals surface area contributed by atoms with E-state index in [1.165, 1.54) is 11.1 Å². The SMILES string of the molecule is C[NH+](CC(=O)NCC(=O)Nc1ccc(F)c(F)c1F)[C@@H]1CCCc2ccccc21. The van der Waals surface area contributed by atoms with Gasteiger partial charge in [-0.1, -0.05) is 24.3 Å². The van der Waals surface area contributed by atoms with Crippen LogP contribution in [-0.4, -0.2) is 32.0 Å². The van der Waals surface area contributed by atoms with Crippen LogP contribution >= 0.6 is 0 Å². The summed E-state index contributed by atoms with van der Waals surface area (Å²) >= 11 is 0. The summed E-state index contributed by atoms with van der Waals surface area (Å²) in [4.78, 5) is 25.2. The average Bonchev–Trinajstić information content (AvgIpc) is 2.72. The molecule has 0 heterocycles. The summed E-state index contributed by atoms with van der Waals surface area (Å²) in [5, 5.41) is 4.60. The van der Waals surface area contributed by atoms with E-state index in [1.807, 2.05) is 19.2 Å². The van der Waals surface area contributed by atoms with E-state index in [-0.39, 0.29) is 18.5 Å². The number of halogens is 3. The second-order valence-corrected chi connectivity index (χ2v) is 7.21. The molecular weight excluding hydrogens is 383 g/mol. The van der Waals surface area contributed by atoms with E-state index in [0.29, 0.717) is 6.07 Å². The zero-order valence-electron chi connectivity index (χ0n) is 16.0. The number of hydrogen-bond acceptors (Lipinski definition) is 2. The van der Waals surface area contributed by atoms with E-state index in [2.05, 4.69) is 22.8 Å². The number of rotatable bonds is 6. The predicted molar refractivity (Wildman–Crippen MR) is 102 cm³/mol. The van der Waals surface area contributed by atoms with Gasteiger partial charge >= 0.3 is 0 Å². The monoisotopic (exact) mass is 406 g/mol. The number of carbonyl (C=O) groups excluding carboxylic acids is 2. The molecule has 0 aliphatic heterocycles. The standard InChI is InChI=1S/C21H22F3N3O2/c1-27(17-8-4-6-13-5-2-3-7-14(13)17)12-19(29)25-11-18(28)26-16-10-9-15(22)20(23)21(16)24/h2-3,5,7,9-10,17H,4,6,8,11-12H2,1H3,(H,25,29)(H,26,28)/p+1/t17-/m1/s1. The molecule has 0 saturated carbocycles. The van der Waals surface area contributed by atoms with Crippen molar-refractivity contribution in [2.75, 3.05) is 25.5 Å². The fourth-order valence-corrected chi connectivity index (χ4v) is 3.70. The summed E-state index contributed by atoms with van der Waals surface area (Å²) in [5.41, 5.74) is 2.07. The topological polar surface area (TPSA) is 62.6 Å². The Balaban J connectivity index is 1.51. The molecular formula is C21H23F3N3O2+. The zero-order chi connectivity index (χ0) is 21.0. The molecule has 5 nitrogen and oxygen atoms in total. The number of benzene rings is 2. The molecule has 1 unspecified atom stereocenters. The molecule has 1 aliphatic rings. The van der Waals surface area contributed by atoms with Crippen LogP contribution in [-0.2, 0) is 16.0 Å². The first kappa shape index (κ1) is 20.9. The molecule has 0 spiro atoms. The number of carbonyl (C=O) groups is 2. The highest BCUT2D eigenvalue weighted by Crippen LogP contribution is 2.27. The van der Waals surface area contributed by atoms with Crippen molar-refractivity contribution in [3.63, 3.8) is 0 Å². The van der Waals surface area contributed by atoms with Crippen molar-refractivity contribution in [3.05, 3.63) is 65.0 Å². The van der Waals surface area contributed by atoms with Crippen molar-refractivity contribution >= 4 is 17.5 Å². The van der Waals surface area contributed by atoms with Crippen molar-refractivity contribution in [1.29, 1.82) is 0 Å². The summed E-state index contributed by atoms with van der Waals surface area (Å²) in [6, 6.07) is 10.0. The van der Waals surface area contributed by atoms with Crippen LogP contribution in [0.3, 0.4) is 0 Å². The van der Waals surface area contributed by atoms with Gasteiger partial charge < -0.3 is 15.5 Å². The molecule has 2 amide bonds. The van der Waals surface area contributed by atoms with Crippen molar-refractivity contribution in [2.24, 2.45) is 0 Å². The van der Waals surface area contributed by atoms with Crippen molar-refractivity contribution in [3.8, 4) is 0 Å². The number of hydrogen-bond donors (Lipinski definition) is 3. The Morgan fingerprint density at radius 2 is 1.83 bits per heavy atom. The number of aryl methyl sites for hydroxylation is 1. The number of amides is 2. The molecule has 154 valence electrons. The quantitative estimate of drug-likeness (QED) is 0.640. The van der Waals surface area contributed by atoms with Gasteiger partial charge in [-0.25, -0.2) is 13.2 Å². The van der Waals surface area contributed by atoms with Gasteiger partial charge in [-0.05, 0) is 30.5 Å². The highest BCUT2D eigenvalue weighted by atomic mass is 19.2. The Hall–Kier alpha value is -2.87. The van der Waals surface area contributed by atoms with Gasteiger partial charge in [0.2, 0.25) is 5.91 Å². The van der Waals surface area contributed by atoms with E-state index in [1.54, 1.807) is 0 Å². The minimum absolute atomic E-state index is 0.172. The fraction of sp³-hybridized carbons (Fsp3) is 0.333. The van der Waals surface area contributed by atoms with E-state index in [4.69, 9.17) is 0 Å². The number of anilines is 1. The van der Waals surface area contributed by atoms with Gasteiger partial charge in [0.25, 0.3) is 5.91 Å². The molecule has 0 saturated heterocycles. The maximum Gasteiger partial charge on any atom is 0.275 e. The lowest BCUT2D eigenvalue weighted by Crippen LogP contribution is -3.10. The number of quaternary nitrogens is 1. The predicted octanol–water partition coefficient (Wildman–Crippen LogP) is 1.75. The molecule has 0 bridgehead atoms. The molecule has 3 N–H and O–H groups in total. The van der Waals surface area contributed by atoms with Crippen molar-refractivity contribution in [1.82, 2.24) is 5.32 Å². The van der Waals surface area contributed by atoms with Gasteiger partial charge in [0.05, 0.1) is 19.3 Å². The van der Waals surface area contributed by atoms with Gasteiger partial charge in [0.1, 0.15) is 6.04 Å². The summed E-state index contributed by atoms with van der Waals surface area (Å²) in [7, 11) is 1.93. The van der Waals surface area contributed by atoms with E-state index in [9.17, 15) is 22.8 Å². The van der Waals surface area contributed by atoms with Crippen molar-refractivity contribution < 1.29 is 27.7 Å².